The average molecular weight is 233 g/mol. The standard InChI is InChI=1S/C7H16N.C4H8O2S/c1-8(2)6-4-3-5-7-8;1-7-3-2-4(5)6/h3-7H2,1-2H3;2-3H2,1H3,(H,5,6)/q+1;/p-1. The van der Waals surface area contributed by atoms with Crippen LogP contribution in [0, 0.1) is 0 Å². The van der Waals surface area contributed by atoms with E-state index in [0.717, 1.165) is 0 Å². The molecule has 0 saturated carbocycles. The zero-order chi connectivity index (χ0) is 11.7. The van der Waals surface area contributed by atoms with Gasteiger partial charge < -0.3 is 14.4 Å². The van der Waals surface area contributed by atoms with Gasteiger partial charge in [0, 0.05) is 5.97 Å². The first-order valence-corrected chi connectivity index (χ1v) is 6.88. The number of nitrogens with zero attached hydrogens (tertiary/aromatic N) is 1. The van der Waals surface area contributed by atoms with E-state index in [1.807, 2.05) is 6.26 Å². The zero-order valence-corrected chi connectivity index (χ0v) is 10.9. The Morgan fingerprint density at radius 2 is 1.80 bits per heavy atom. The van der Waals surface area contributed by atoms with E-state index in [4.69, 9.17) is 0 Å². The maximum absolute atomic E-state index is 9.63. The fourth-order valence-corrected chi connectivity index (χ4v) is 1.92. The van der Waals surface area contributed by atoms with E-state index in [1.54, 1.807) is 0 Å². The molecule has 1 saturated heterocycles. The average Bonchev–Trinajstić information content (AvgIpc) is 2.15. The second-order valence-corrected chi connectivity index (χ2v) is 5.54. The summed E-state index contributed by atoms with van der Waals surface area (Å²) < 4.78 is 1.25. The molecule has 0 aliphatic carbocycles. The molecule has 1 aliphatic rings. The number of carbonyl (C=O) groups excluding carboxylic acids is 1. The molecule has 0 aromatic carbocycles. The summed E-state index contributed by atoms with van der Waals surface area (Å²) in [6, 6.07) is 0. The molecule has 0 aromatic heterocycles. The van der Waals surface area contributed by atoms with Crippen molar-refractivity contribution in [2.75, 3.05) is 39.2 Å². The lowest BCUT2D eigenvalue weighted by Crippen LogP contribution is -2.43. The number of hydrogen-bond acceptors (Lipinski definition) is 3. The van der Waals surface area contributed by atoms with Gasteiger partial charge in [0.25, 0.3) is 0 Å². The minimum atomic E-state index is -0.964. The maximum atomic E-state index is 9.63. The van der Waals surface area contributed by atoms with Crippen LogP contribution in [0.4, 0.5) is 0 Å². The van der Waals surface area contributed by atoms with Gasteiger partial charge in [-0.3, -0.25) is 0 Å². The number of thioether (sulfide) groups is 1. The summed E-state index contributed by atoms with van der Waals surface area (Å²) in [6.45, 7) is 2.78. The van der Waals surface area contributed by atoms with Crippen LogP contribution in [0.15, 0.2) is 0 Å². The molecule has 0 radical (unpaired) electrons. The molecular weight excluding hydrogens is 210 g/mol. The minimum Gasteiger partial charge on any atom is -0.550 e. The van der Waals surface area contributed by atoms with Crippen LogP contribution in [-0.4, -0.2) is 49.6 Å². The van der Waals surface area contributed by atoms with E-state index in [-0.39, 0.29) is 6.42 Å². The Balaban J connectivity index is 0.000000265. The first-order valence-electron chi connectivity index (χ1n) is 5.49. The fourth-order valence-electron chi connectivity index (χ4n) is 1.55. The highest BCUT2D eigenvalue weighted by atomic mass is 32.2. The maximum Gasteiger partial charge on any atom is 0.0782 e. The van der Waals surface area contributed by atoms with E-state index in [2.05, 4.69) is 14.1 Å². The molecule has 15 heavy (non-hydrogen) atoms. The molecule has 0 spiro atoms. The quantitative estimate of drug-likeness (QED) is 0.675. The fraction of sp³-hybridized carbons (Fsp3) is 0.909. The van der Waals surface area contributed by atoms with E-state index in [0.29, 0.717) is 5.75 Å². The van der Waals surface area contributed by atoms with Crippen molar-refractivity contribution in [1.29, 1.82) is 0 Å². The van der Waals surface area contributed by atoms with E-state index in [1.165, 1.54) is 48.6 Å². The van der Waals surface area contributed by atoms with Gasteiger partial charge in [0.15, 0.2) is 0 Å². The lowest BCUT2D eigenvalue weighted by Gasteiger charge is -2.33. The summed E-state index contributed by atoms with van der Waals surface area (Å²) in [5.74, 6) is -0.308. The molecule has 1 rings (SSSR count). The third kappa shape index (κ3) is 10.1. The van der Waals surface area contributed by atoms with Crippen LogP contribution in [0.2, 0.25) is 0 Å². The molecule has 1 aliphatic heterocycles. The highest BCUT2D eigenvalue weighted by Gasteiger charge is 2.17. The second kappa shape index (κ2) is 7.99. The summed E-state index contributed by atoms with van der Waals surface area (Å²) >= 11 is 1.51. The Labute approximate surface area is 97.4 Å². The number of likely N-dealkylation sites (tertiary alicyclic amines) is 1. The molecule has 1 fully saturated rings. The van der Waals surface area contributed by atoms with Crippen LogP contribution in [-0.2, 0) is 4.79 Å². The largest absolute Gasteiger partial charge is 0.550 e. The van der Waals surface area contributed by atoms with Gasteiger partial charge in [0.2, 0.25) is 0 Å². The predicted molar refractivity (Wildman–Crippen MR) is 63.7 cm³/mol. The minimum absolute atomic E-state index is 0.168. The second-order valence-electron chi connectivity index (χ2n) is 4.56. The van der Waals surface area contributed by atoms with Crippen LogP contribution in [0.5, 0.6) is 0 Å². The van der Waals surface area contributed by atoms with Crippen LogP contribution < -0.4 is 5.11 Å². The molecule has 0 bridgehead atoms. The molecule has 0 atom stereocenters. The van der Waals surface area contributed by atoms with Gasteiger partial charge in [0.05, 0.1) is 27.2 Å². The summed E-state index contributed by atoms with van der Waals surface area (Å²) in [4.78, 5) is 9.63. The number of hydrogen-bond donors (Lipinski definition) is 0. The SMILES string of the molecule is CSCCC(=O)[O-].C[N+]1(C)CCCCC1. The van der Waals surface area contributed by atoms with Gasteiger partial charge in [-0.15, -0.1) is 0 Å². The first kappa shape index (κ1) is 14.8. The van der Waals surface area contributed by atoms with Crippen molar-refractivity contribution < 1.29 is 14.4 Å². The van der Waals surface area contributed by atoms with Gasteiger partial charge >= 0.3 is 0 Å². The molecule has 3 nitrogen and oxygen atoms in total. The summed E-state index contributed by atoms with van der Waals surface area (Å²) in [7, 11) is 4.64. The molecule has 90 valence electrons. The Morgan fingerprint density at radius 3 is 2.00 bits per heavy atom. The summed E-state index contributed by atoms with van der Waals surface area (Å²) in [5.41, 5.74) is 0. The van der Waals surface area contributed by atoms with Crippen LogP contribution in [0.1, 0.15) is 25.7 Å². The predicted octanol–water partition coefficient (Wildman–Crippen LogP) is 0.736. The third-order valence-electron chi connectivity index (χ3n) is 2.54. The molecule has 1 heterocycles. The smallest absolute Gasteiger partial charge is 0.0782 e. The van der Waals surface area contributed by atoms with E-state index in [9.17, 15) is 9.90 Å². The number of carbonyl (C=O) groups is 1. The number of rotatable bonds is 3. The molecule has 4 heteroatoms. The monoisotopic (exact) mass is 233 g/mol. The summed E-state index contributed by atoms with van der Waals surface area (Å²) in [5, 5.41) is 9.63. The normalized spacial score (nSPS) is 18.9. The molecular formula is C11H23NO2S. The lowest BCUT2D eigenvalue weighted by atomic mass is 10.1. The van der Waals surface area contributed by atoms with Crippen molar-refractivity contribution in [2.24, 2.45) is 0 Å². The lowest BCUT2D eigenvalue weighted by molar-refractivity contribution is -0.894. The third-order valence-corrected chi connectivity index (χ3v) is 3.15. The van der Waals surface area contributed by atoms with Crippen LogP contribution in [0.3, 0.4) is 0 Å². The van der Waals surface area contributed by atoms with Crippen molar-refractivity contribution in [1.82, 2.24) is 0 Å². The molecule has 0 amide bonds. The van der Waals surface area contributed by atoms with Gasteiger partial charge in [-0.25, -0.2) is 0 Å². The van der Waals surface area contributed by atoms with Gasteiger partial charge in [0.1, 0.15) is 0 Å². The number of aliphatic carboxylic acids is 1. The molecule has 0 N–H and O–H groups in total. The van der Waals surface area contributed by atoms with Crippen molar-refractivity contribution in [2.45, 2.75) is 25.7 Å². The van der Waals surface area contributed by atoms with Crippen molar-refractivity contribution >= 4 is 17.7 Å². The topological polar surface area (TPSA) is 40.1 Å². The van der Waals surface area contributed by atoms with Crippen molar-refractivity contribution in [3.8, 4) is 0 Å². The Kier molecular flexibility index (Phi) is 7.88. The number of carboxylic acids is 1. The van der Waals surface area contributed by atoms with Crippen molar-refractivity contribution in [3.05, 3.63) is 0 Å². The molecule has 0 aromatic rings. The Hall–Kier alpha value is -0.220. The highest BCUT2D eigenvalue weighted by molar-refractivity contribution is 7.98. The Bertz CT molecular complexity index is 175. The van der Waals surface area contributed by atoms with Gasteiger partial charge in [-0.05, 0) is 37.7 Å². The van der Waals surface area contributed by atoms with Gasteiger partial charge in [-0.2, -0.15) is 11.8 Å². The number of carboxylic acid groups (broad SMARTS) is 1. The highest BCUT2D eigenvalue weighted by Crippen LogP contribution is 2.12. The van der Waals surface area contributed by atoms with E-state index < -0.39 is 5.97 Å². The van der Waals surface area contributed by atoms with E-state index >= 15 is 0 Å². The number of quaternary nitrogens is 1. The van der Waals surface area contributed by atoms with Gasteiger partial charge in [-0.1, -0.05) is 0 Å². The molecule has 0 unspecified atom stereocenters. The zero-order valence-electron chi connectivity index (χ0n) is 10.1. The summed E-state index contributed by atoms with van der Waals surface area (Å²) in [6.07, 6.45) is 6.37. The Morgan fingerprint density at radius 1 is 1.27 bits per heavy atom. The van der Waals surface area contributed by atoms with Crippen LogP contribution in [0.25, 0.3) is 0 Å². The first-order chi connectivity index (χ1) is 6.98. The van der Waals surface area contributed by atoms with Crippen LogP contribution >= 0.6 is 11.8 Å². The van der Waals surface area contributed by atoms with Crippen molar-refractivity contribution in [3.63, 3.8) is 0 Å². The number of piperidine rings is 1.